The van der Waals surface area contributed by atoms with Gasteiger partial charge in [0.1, 0.15) is 5.75 Å². The molecular weight excluding hydrogens is 372 g/mol. The second-order valence-electron chi connectivity index (χ2n) is 7.08. The molecule has 0 bridgehead atoms. The molecule has 0 atom stereocenters. The van der Waals surface area contributed by atoms with Crippen molar-refractivity contribution < 1.29 is 9.53 Å². The first-order valence-corrected chi connectivity index (χ1v) is 9.91. The maximum absolute atomic E-state index is 12.5. The molecule has 1 fully saturated rings. The Morgan fingerprint density at radius 2 is 1.61 bits per heavy atom. The van der Waals surface area contributed by atoms with Crippen molar-refractivity contribution in [2.45, 2.75) is 6.54 Å². The van der Waals surface area contributed by atoms with E-state index in [-0.39, 0.29) is 12.5 Å². The summed E-state index contributed by atoms with van der Waals surface area (Å²) < 4.78 is 5.75. The number of ether oxygens (including phenoxy) is 1. The maximum Gasteiger partial charge on any atom is 0.260 e. The van der Waals surface area contributed by atoms with Gasteiger partial charge < -0.3 is 9.64 Å². The fourth-order valence-electron chi connectivity index (χ4n) is 3.50. The Morgan fingerprint density at radius 1 is 0.893 bits per heavy atom. The summed E-state index contributed by atoms with van der Waals surface area (Å²) in [6.45, 7) is 4.15. The van der Waals surface area contributed by atoms with Gasteiger partial charge in [0.2, 0.25) is 0 Å². The molecule has 0 saturated carbocycles. The van der Waals surface area contributed by atoms with Crippen LogP contribution in [0.1, 0.15) is 5.56 Å². The molecule has 4 nitrogen and oxygen atoms in total. The highest BCUT2D eigenvalue weighted by Gasteiger charge is 2.21. The van der Waals surface area contributed by atoms with E-state index in [9.17, 15) is 4.79 Å². The Bertz CT molecular complexity index is 950. The van der Waals surface area contributed by atoms with E-state index in [1.165, 1.54) is 5.56 Å². The van der Waals surface area contributed by atoms with E-state index < -0.39 is 0 Å². The molecular formula is C23H23ClN2O2. The number of piperazine rings is 1. The average molecular weight is 395 g/mol. The van der Waals surface area contributed by atoms with Crippen molar-refractivity contribution in [3.63, 3.8) is 0 Å². The van der Waals surface area contributed by atoms with Crippen molar-refractivity contribution in [1.29, 1.82) is 0 Å². The first-order valence-electron chi connectivity index (χ1n) is 9.53. The van der Waals surface area contributed by atoms with Crippen LogP contribution in [0, 0.1) is 0 Å². The summed E-state index contributed by atoms with van der Waals surface area (Å²) in [5, 5.41) is 3.03. The Balaban J connectivity index is 1.26. The minimum Gasteiger partial charge on any atom is -0.484 e. The van der Waals surface area contributed by atoms with E-state index in [1.54, 1.807) is 0 Å². The minimum atomic E-state index is 0.0410. The average Bonchev–Trinajstić information content (AvgIpc) is 2.74. The first kappa shape index (κ1) is 18.8. The number of carbonyl (C=O) groups excluding carboxylic acids is 1. The van der Waals surface area contributed by atoms with Gasteiger partial charge in [-0.2, -0.15) is 0 Å². The van der Waals surface area contributed by atoms with Crippen LogP contribution < -0.4 is 4.74 Å². The zero-order chi connectivity index (χ0) is 19.3. The number of fused-ring (bicyclic) bond motifs is 1. The zero-order valence-electron chi connectivity index (χ0n) is 15.7. The molecule has 0 spiro atoms. The number of halogens is 1. The van der Waals surface area contributed by atoms with Crippen LogP contribution in [0.5, 0.6) is 5.75 Å². The highest BCUT2D eigenvalue weighted by Crippen LogP contribution is 2.20. The molecule has 0 aliphatic carbocycles. The van der Waals surface area contributed by atoms with Crippen LogP contribution in [0.3, 0.4) is 0 Å². The van der Waals surface area contributed by atoms with Crippen molar-refractivity contribution in [2.24, 2.45) is 0 Å². The SMILES string of the molecule is O=C(COc1ccc2ccccc2c1)N1CCN(Cc2ccc(Cl)cc2)CC1. The lowest BCUT2D eigenvalue weighted by molar-refractivity contribution is -0.135. The fourth-order valence-corrected chi connectivity index (χ4v) is 3.62. The van der Waals surface area contributed by atoms with Gasteiger partial charge in [0.15, 0.2) is 6.61 Å². The van der Waals surface area contributed by atoms with E-state index in [0.717, 1.165) is 54.3 Å². The third-order valence-corrected chi connectivity index (χ3v) is 5.38. The molecule has 0 unspecified atom stereocenters. The Morgan fingerprint density at radius 3 is 2.36 bits per heavy atom. The Labute approximate surface area is 170 Å². The van der Waals surface area contributed by atoms with E-state index >= 15 is 0 Å². The highest BCUT2D eigenvalue weighted by molar-refractivity contribution is 6.30. The molecule has 1 aliphatic heterocycles. The number of hydrogen-bond donors (Lipinski definition) is 0. The van der Waals surface area contributed by atoms with Crippen molar-refractivity contribution in [1.82, 2.24) is 9.80 Å². The fraction of sp³-hybridized carbons (Fsp3) is 0.261. The molecule has 3 aromatic carbocycles. The predicted octanol–water partition coefficient (Wildman–Crippen LogP) is 4.22. The molecule has 0 radical (unpaired) electrons. The first-order chi connectivity index (χ1) is 13.7. The molecule has 1 amide bonds. The largest absolute Gasteiger partial charge is 0.484 e. The lowest BCUT2D eigenvalue weighted by Crippen LogP contribution is -2.49. The van der Waals surface area contributed by atoms with Crippen LogP contribution in [0.4, 0.5) is 0 Å². The molecule has 1 aliphatic rings. The molecule has 0 N–H and O–H groups in total. The monoisotopic (exact) mass is 394 g/mol. The summed E-state index contributed by atoms with van der Waals surface area (Å²) in [5.41, 5.74) is 1.24. The maximum atomic E-state index is 12.5. The molecule has 5 heteroatoms. The van der Waals surface area contributed by atoms with E-state index in [2.05, 4.69) is 23.1 Å². The number of hydrogen-bond acceptors (Lipinski definition) is 3. The Hall–Kier alpha value is -2.56. The van der Waals surface area contributed by atoms with E-state index in [4.69, 9.17) is 16.3 Å². The number of benzene rings is 3. The smallest absolute Gasteiger partial charge is 0.260 e. The van der Waals surface area contributed by atoms with Crippen molar-refractivity contribution in [3.8, 4) is 5.75 Å². The zero-order valence-corrected chi connectivity index (χ0v) is 16.4. The van der Waals surface area contributed by atoms with Gasteiger partial charge in [0.25, 0.3) is 5.91 Å². The quantitative estimate of drug-likeness (QED) is 0.649. The van der Waals surface area contributed by atoms with Gasteiger partial charge in [0.05, 0.1) is 0 Å². The van der Waals surface area contributed by atoms with Crippen LogP contribution in [0.2, 0.25) is 5.02 Å². The van der Waals surface area contributed by atoms with Gasteiger partial charge >= 0.3 is 0 Å². The van der Waals surface area contributed by atoms with E-state index in [1.807, 2.05) is 53.4 Å². The van der Waals surface area contributed by atoms with Crippen LogP contribution in [-0.4, -0.2) is 48.5 Å². The lowest BCUT2D eigenvalue weighted by Gasteiger charge is -2.34. The summed E-state index contributed by atoms with van der Waals surface area (Å²) in [5.74, 6) is 0.771. The summed E-state index contributed by atoms with van der Waals surface area (Å²) in [7, 11) is 0. The number of rotatable bonds is 5. The van der Waals surface area contributed by atoms with Crippen LogP contribution in [0.25, 0.3) is 10.8 Å². The van der Waals surface area contributed by atoms with Crippen molar-refractivity contribution >= 4 is 28.3 Å². The summed E-state index contributed by atoms with van der Waals surface area (Å²) in [4.78, 5) is 16.8. The van der Waals surface area contributed by atoms with Crippen LogP contribution in [0.15, 0.2) is 66.7 Å². The number of carbonyl (C=O) groups is 1. The molecule has 1 heterocycles. The highest BCUT2D eigenvalue weighted by atomic mass is 35.5. The second-order valence-corrected chi connectivity index (χ2v) is 7.52. The predicted molar refractivity (Wildman–Crippen MR) is 113 cm³/mol. The topological polar surface area (TPSA) is 32.8 Å². The molecule has 0 aromatic heterocycles. The molecule has 28 heavy (non-hydrogen) atoms. The molecule has 3 aromatic rings. The van der Waals surface area contributed by atoms with Gasteiger partial charge in [-0.1, -0.05) is 54.1 Å². The van der Waals surface area contributed by atoms with E-state index in [0.29, 0.717) is 0 Å². The third kappa shape index (κ3) is 4.64. The summed E-state index contributed by atoms with van der Waals surface area (Å²) in [6, 6.07) is 22.0. The van der Waals surface area contributed by atoms with Crippen molar-refractivity contribution in [2.75, 3.05) is 32.8 Å². The molecule has 4 rings (SSSR count). The van der Waals surface area contributed by atoms with Crippen LogP contribution >= 0.6 is 11.6 Å². The van der Waals surface area contributed by atoms with Gasteiger partial charge in [-0.05, 0) is 40.6 Å². The van der Waals surface area contributed by atoms with Gasteiger partial charge in [-0.25, -0.2) is 0 Å². The summed E-state index contributed by atoms with van der Waals surface area (Å²) in [6.07, 6.45) is 0. The third-order valence-electron chi connectivity index (χ3n) is 5.13. The second kappa shape index (κ2) is 8.63. The van der Waals surface area contributed by atoms with Gasteiger partial charge in [-0.15, -0.1) is 0 Å². The van der Waals surface area contributed by atoms with Gasteiger partial charge in [0, 0.05) is 37.7 Å². The minimum absolute atomic E-state index is 0.0410. The molecule has 144 valence electrons. The van der Waals surface area contributed by atoms with Crippen LogP contribution in [-0.2, 0) is 11.3 Å². The number of amides is 1. The standard InChI is InChI=1S/C23H23ClN2O2/c24-21-8-5-18(6-9-21)16-25-11-13-26(14-12-25)23(27)17-28-22-10-7-19-3-1-2-4-20(19)15-22/h1-10,15H,11-14,16-17H2. The van der Waals surface area contributed by atoms with Crippen molar-refractivity contribution in [3.05, 3.63) is 77.3 Å². The summed E-state index contributed by atoms with van der Waals surface area (Å²) >= 11 is 5.94. The normalized spacial score (nSPS) is 15.0. The Kier molecular flexibility index (Phi) is 5.79. The molecule has 1 saturated heterocycles. The number of nitrogens with zero attached hydrogens (tertiary/aromatic N) is 2. The lowest BCUT2D eigenvalue weighted by atomic mass is 10.1. The van der Waals surface area contributed by atoms with Gasteiger partial charge in [-0.3, -0.25) is 9.69 Å².